The number of hydrogen-bond donors (Lipinski definition) is 2. The zero-order valence-corrected chi connectivity index (χ0v) is 16.7. The molecule has 0 aliphatic rings. The predicted molar refractivity (Wildman–Crippen MR) is 114 cm³/mol. The number of benzene rings is 2. The number of anilines is 2. The topological polar surface area (TPSA) is 72.5 Å². The number of carbonyl (C=O) groups excluding carboxylic acids is 1. The number of aromatic nitrogens is 1. The maximum absolute atomic E-state index is 12.4. The van der Waals surface area contributed by atoms with Crippen molar-refractivity contribution >= 4 is 34.1 Å². The van der Waals surface area contributed by atoms with E-state index in [1.807, 2.05) is 54.9 Å². The lowest BCUT2D eigenvalue weighted by Crippen LogP contribution is -2.09. The standard InChI is InChI=1S/C21H21N3O3S/c1-22-21-24-18(13-28-21)15-7-10-19(27-3)17(12-15)23-20(25)11-6-14-4-8-16(26-2)9-5-14/h4-13H,1-3H3,(H,22,24)(H,23,25)/b11-6+. The van der Waals surface area contributed by atoms with Gasteiger partial charge in [-0.1, -0.05) is 12.1 Å². The fraction of sp³-hybridized carbons (Fsp3) is 0.143. The van der Waals surface area contributed by atoms with Gasteiger partial charge in [0.25, 0.3) is 0 Å². The number of hydrogen-bond acceptors (Lipinski definition) is 6. The molecule has 0 radical (unpaired) electrons. The van der Waals surface area contributed by atoms with Gasteiger partial charge in [0.05, 0.1) is 25.6 Å². The molecule has 0 aliphatic heterocycles. The van der Waals surface area contributed by atoms with Gasteiger partial charge in [0.2, 0.25) is 5.91 Å². The minimum Gasteiger partial charge on any atom is -0.497 e. The molecule has 0 atom stereocenters. The van der Waals surface area contributed by atoms with Gasteiger partial charge >= 0.3 is 0 Å². The monoisotopic (exact) mass is 395 g/mol. The zero-order chi connectivity index (χ0) is 19.9. The molecule has 3 rings (SSSR count). The lowest BCUT2D eigenvalue weighted by molar-refractivity contribution is -0.111. The van der Waals surface area contributed by atoms with E-state index in [9.17, 15) is 4.79 Å². The van der Waals surface area contributed by atoms with Crippen LogP contribution in [-0.4, -0.2) is 32.2 Å². The Morgan fingerprint density at radius 3 is 2.54 bits per heavy atom. The average Bonchev–Trinajstić information content (AvgIpc) is 3.22. The van der Waals surface area contributed by atoms with Gasteiger partial charge in [0.15, 0.2) is 5.13 Å². The van der Waals surface area contributed by atoms with E-state index in [0.29, 0.717) is 11.4 Å². The summed E-state index contributed by atoms with van der Waals surface area (Å²) < 4.78 is 10.5. The number of amides is 1. The van der Waals surface area contributed by atoms with Crippen LogP contribution in [0.5, 0.6) is 11.5 Å². The molecule has 1 heterocycles. The van der Waals surface area contributed by atoms with E-state index in [1.54, 1.807) is 20.3 Å². The van der Waals surface area contributed by atoms with Gasteiger partial charge in [-0.25, -0.2) is 4.98 Å². The van der Waals surface area contributed by atoms with Crippen LogP contribution in [-0.2, 0) is 4.79 Å². The highest BCUT2D eigenvalue weighted by Crippen LogP contribution is 2.32. The lowest BCUT2D eigenvalue weighted by Gasteiger charge is -2.10. The van der Waals surface area contributed by atoms with Gasteiger partial charge in [-0.2, -0.15) is 0 Å². The Hall–Kier alpha value is -3.32. The largest absolute Gasteiger partial charge is 0.497 e. The van der Waals surface area contributed by atoms with Crippen LogP contribution in [0.1, 0.15) is 5.56 Å². The van der Waals surface area contributed by atoms with E-state index in [4.69, 9.17) is 9.47 Å². The molecule has 3 aromatic rings. The Morgan fingerprint density at radius 1 is 1.11 bits per heavy atom. The number of methoxy groups -OCH3 is 2. The first kappa shape index (κ1) is 19.4. The average molecular weight is 395 g/mol. The third-order valence-electron chi connectivity index (χ3n) is 4.01. The highest BCUT2D eigenvalue weighted by atomic mass is 32.1. The fourth-order valence-electron chi connectivity index (χ4n) is 2.55. The van der Waals surface area contributed by atoms with Crippen molar-refractivity contribution in [2.75, 3.05) is 31.9 Å². The molecule has 2 aromatic carbocycles. The molecular weight excluding hydrogens is 374 g/mol. The number of thiazole rings is 1. The van der Waals surface area contributed by atoms with Gasteiger partial charge in [0, 0.05) is 24.1 Å². The molecule has 6 nitrogen and oxygen atoms in total. The molecular formula is C21H21N3O3S. The smallest absolute Gasteiger partial charge is 0.248 e. The Kier molecular flexibility index (Phi) is 6.29. The zero-order valence-electron chi connectivity index (χ0n) is 15.9. The maximum Gasteiger partial charge on any atom is 0.248 e. The van der Waals surface area contributed by atoms with Crippen LogP contribution >= 0.6 is 11.3 Å². The molecule has 0 saturated heterocycles. The summed E-state index contributed by atoms with van der Waals surface area (Å²) in [5.74, 6) is 1.10. The van der Waals surface area contributed by atoms with E-state index < -0.39 is 0 Å². The summed E-state index contributed by atoms with van der Waals surface area (Å²) in [7, 11) is 5.02. The fourth-order valence-corrected chi connectivity index (χ4v) is 3.23. The number of nitrogens with one attached hydrogen (secondary N) is 2. The summed E-state index contributed by atoms with van der Waals surface area (Å²) in [6.07, 6.45) is 3.22. The van der Waals surface area contributed by atoms with E-state index in [-0.39, 0.29) is 5.91 Å². The first-order chi connectivity index (χ1) is 13.6. The molecule has 1 aromatic heterocycles. The maximum atomic E-state index is 12.4. The van der Waals surface area contributed by atoms with Crippen LogP contribution in [0.25, 0.3) is 17.3 Å². The second-order valence-electron chi connectivity index (χ2n) is 5.80. The molecule has 7 heteroatoms. The van der Waals surface area contributed by atoms with E-state index in [2.05, 4.69) is 15.6 Å². The highest BCUT2D eigenvalue weighted by molar-refractivity contribution is 7.14. The summed E-state index contributed by atoms with van der Waals surface area (Å²) >= 11 is 1.52. The quantitative estimate of drug-likeness (QED) is 0.576. The molecule has 1 amide bonds. The van der Waals surface area contributed by atoms with Crippen LogP contribution < -0.4 is 20.1 Å². The van der Waals surface area contributed by atoms with E-state index in [0.717, 1.165) is 27.7 Å². The van der Waals surface area contributed by atoms with Gasteiger partial charge in [0.1, 0.15) is 11.5 Å². The number of nitrogens with zero attached hydrogens (tertiary/aromatic N) is 1. The lowest BCUT2D eigenvalue weighted by atomic mass is 10.1. The van der Waals surface area contributed by atoms with Crippen molar-refractivity contribution < 1.29 is 14.3 Å². The molecule has 0 spiro atoms. The summed E-state index contributed by atoms with van der Waals surface area (Å²) in [6, 6.07) is 13.0. The first-order valence-electron chi connectivity index (χ1n) is 8.57. The second-order valence-corrected chi connectivity index (χ2v) is 6.66. The molecule has 0 saturated carbocycles. The molecule has 0 unspecified atom stereocenters. The highest BCUT2D eigenvalue weighted by Gasteiger charge is 2.10. The molecule has 0 bridgehead atoms. The number of carbonyl (C=O) groups is 1. The predicted octanol–water partition coefficient (Wildman–Crippen LogP) is 4.52. The first-order valence-corrected chi connectivity index (χ1v) is 9.45. The van der Waals surface area contributed by atoms with Crippen LogP contribution in [0.2, 0.25) is 0 Å². The van der Waals surface area contributed by atoms with E-state index in [1.165, 1.54) is 17.4 Å². The van der Waals surface area contributed by atoms with Gasteiger partial charge < -0.3 is 20.1 Å². The van der Waals surface area contributed by atoms with Crippen molar-refractivity contribution in [2.24, 2.45) is 0 Å². The SMILES string of the molecule is CNc1nc(-c2ccc(OC)c(NC(=O)/C=C/c3ccc(OC)cc3)c2)cs1. The van der Waals surface area contributed by atoms with Gasteiger partial charge in [-0.15, -0.1) is 11.3 Å². The Morgan fingerprint density at radius 2 is 1.89 bits per heavy atom. The van der Waals surface area contributed by atoms with Crippen molar-refractivity contribution in [2.45, 2.75) is 0 Å². The summed E-state index contributed by atoms with van der Waals surface area (Å²) in [4.78, 5) is 16.9. The number of rotatable bonds is 7. The number of ether oxygens (including phenoxy) is 2. The minimum atomic E-state index is -0.250. The van der Waals surface area contributed by atoms with Crippen molar-refractivity contribution in [3.8, 4) is 22.8 Å². The Balaban J connectivity index is 1.76. The summed E-state index contributed by atoms with van der Waals surface area (Å²) in [5.41, 5.74) is 3.22. The van der Waals surface area contributed by atoms with Gasteiger partial charge in [-0.05, 0) is 42.0 Å². The van der Waals surface area contributed by atoms with Crippen molar-refractivity contribution in [1.29, 1.82) is 0 Å². The molecule has 144 valence electrons. The van der Waals surface area contributed by atoms with Crippen LogP contribution in [0, 0.1) is 0 Å². The Bertz CT molecular complexity index is 981. The van der Waals surface area contributed by atoms with Crippen LogP contribution in [0.4, 0.5) is 10.8 Å². The molecule has 2 N–H and O–H groups in total. The third-order valence-corrected chi connectivity index (χ3v) is 4.87. The summed E-state index contributed by atoms with van der Waals surface area (Å²) in [6.45, 7) is 0. The van der Waals surface area contributed by atoms with Crippen molar-refractivity contribution in [3.05, 3.63) is 59.5 Å². The van der Waals surface area contributed by atoms with Crippen LogP contribution in [0.3, 0.4) is 0 Å². The second kappa shape index (κ2) is 9.05. The van der Waals surface area contributed by atoms with Gasteiger partial charge in [-0.3, -0.25) is 4.79 Å². The summed E-state index contributed by atoms with van der Waals surface area (Å²) in [5, 5.41) is 8.69. The van der Waals surface area contributed by atoms with E-state index >= 15 is 0 Å². The normalized spacial score (nSPS) is 10.7. The molecule has 0 fully saturated rings. The van der Waals surface area contributed by atoms with Crippen LogP contribution in [0.15, 0.2) is 53.9 Å². The molecule has 28 heavy (non-hydrogen) atoms. The third kappa shape index (κ3) is 4.69. The Labute approximate surface area is 167 Å². The minimum absolute atomic E-state index is 0.250. The van der Waals surface area contributed by atoms with Crippen molar-refractivity contribution in [3.63, 3.8) is 0 Å². The molecule has 0 aliphatic carbocycles. The van der Waals surface area contributed by atoms with Crippen molar-refractivity contribution in [1.82, 2.24) is 4.98 Å².